The zero-order valence-corrected chi connectivity index (χ0v) is 21.2. The zero-order valence-electron chi connectivity index (χ0n) is 20.4. The molecule has 0 aliphatic carbocycles. The fraction of sp³-hybridized carbons (Fsp3) is 0.481. The Kier molecular flexibility index (Phi) is 9.55. The van der Waals surface area contributed by atoms with Gasteiger partial charge in [0.05, 0.1) is 19.3 Å². The van der Waals surface area contributed by atoms with E-state index in [1.807, 2.05) is 17.0 Å². The number of morpholine rings is 1. The van der Waals surface area contributed by atoms with Crippen LogP contribution in [-0.4, -0.2) is 73.7 Å². The van der Waals surface area contributed by atoms with Crippen molar-refractivity contribution in [3.63, 3.8) is 0 Å². The third kappa shape index (κ3) is 8.18. The molecule has 9 heteroatoms. The van der Waals surface area contributed by atoms with E-state index in [2.05, 4.69) is 15.5 Å². The zero-order chi connectivity index (χ0) is 25.3. The molecule has 2 atom stereocenters. The predicted molar refractivity (Wildman–Crippen MR) is 139 cm³/mol. The molecule has 36 heavy (non-hydrogen) atoms. The summed E-state index contributed by atoms with van der Waals surface area (Å²) in [5, 5.41) is 6.35. The first-order valence-electron chi connectivity index (χ1n) is 12.6. The molecule has 7 nitrogen and oxygen atoms in total. The molecule has 0 saturated carbocycles. The third-order valence-corrected chi connectivity index (χ3v) is 6.97. The Morgan fingerprint density at radius 3 is 2.64 bits per heavy atom. The van der Waals surface area contributed by atoms with Crippen molar-refractivity contribution in [2.45, 2.75) is 31.7 Å². The van der Waals surface area contributed by atoms with Crippen LogP contribution >= 0.6 is 11.6 Å². The molecular weight excluding hydrogens is 483 g/mol. The molecule has 0 bridgehead atoms. The Bertz CT molecular complexity index is 1020. The lowest BCUT2D eigenvalue weighted by Gasteiger charge is -2.35. The van der Waals surface area contributed by atoms with Crippen LogP contribution in [0.5, 0.6) is 0 Å². The van der Waals surface area contributed by atoms with E-state index in [1.54, 1.807) is 24.3 Å². The molecule has 2 saturated heterocycles. The van der Waals surface area contributed by atoms with Crippen LogP contribution in [0.4, 0.5) is 14.9 Å². The van der Waals surface area contributed by atoms with Crippen molar-refractivity contribution in [3.05, 3.63) is 64.9 Å². The van der Waals surface area contributed by atoms with Crippen LogP contribution in [0.15, 0.2) is 48.5 Å². The predicted octanol–water partition coefficient (Wildman–Crippen LogP) is 4.17. The average Bonchev–Trinajstić information content (AvgIpc) is 2.86. The summed E-state index contributed by atoms with van der Waals surface area (Å²) in [5.41, 5.74) is 1.68. The van der Waals surface area contributed by atoms with Gasteiger partial charge in [0.25, 0.3) is 0 Å². The number of likely N-dealkylation sites (tertiary alicyclic amines) is 1. The topological polar surface area (TPSA) is 73.9 Å². The molecule has 2 N–H and O–H groups in total. The van der Waals surface area contributed by atoms with Crippen molar-refractivity contribution in [2.24, 2.45) is 5.92 Å². The Morgan fingerprint density at radius 1 is 1.11 bits per heavy atom. The smallest absolute Gasteiger partial charge is 0.319 e. The van der Waals surface area contributed by atoms with Crippen LogP contribution in [0.1, 0.15) is 24.8 Å². The van der Waals surface area contributed by atoms with Gasteiger partial charge in [0, 0.05) is 49.9 Å². The van der Waals surface area contributed by atoms with Crippen molar-refractivity contribution >= 4 is 29.2 Å². The fourth-order valence-electron chi connectivity index (χ4n) is 4.93. The number of anilines is 1. The Labute approximate surface area is 216 Å². The van der Waals surface area contributed by atoms with Crippen LogP contribution in [-0.2, 0) is 16.0 Å². The van der Waals surface area contributed by atoms with Gasteiger partial charge in [0.2, 0.25) is 5.91 Å². The average molecular weight is 517 g/mol. The summed E-state index contributed by atoms with van der Waals surface area (Å²) in [6.07, 6.45) is 3.03. The van der Waals surface area contributed by atoms with E-state index in [0.29, 0.717) is 42.9 Å². The van der Waals surface area contributed by atoms with Gasteiger partial charge in [0.1, 0.15) is 5.82 Å². The molecule has 194 valence electrons. The van der Waals surface area contributed by atoms with Crippen molar-refractivity contribution in [2.75, 3.05) is 51.3 Å². The quantitative estimate of drug-likeness (QED) is 0.552. The lowest BCUT2D eigenvalue weighted by atomic mass is 9.91. The number of carbonyl (C=O) groups is 2. The van der Waals surface area contributed by atoms with Crippen LogP contribution < -0.4 is 10.6 Å². The first-order valence-corrected chi connectivity index (χ1v) is 13.0. The molecule has 3 amide bonds. The molecule has 2 aromatic rings. The minimum Gasteiger partial charge on any atom is -0.379 e. The minimum atomic E-state index is -0.365. The Hall–Kier alpha value is -2.68. The number of hydrogen-bond acceptors (Lipinski definition) is 4. The highest BCUT2D eigenvalue weighted by atomic mass is 35.5. The number of rotatable bonds is 8. The van der Waals surface area contributed by atoms with Crippen molar-refractivity contribution < 1.29 is 18.7 Å². The maximum atomic E-state index is 13.3. The lowest BCUT2D eigenvalue weighted by Crippen LogP contribution is -2.51. The highest BCUT2D eigenvalue weighted by Crippen LogP contribution is 2.22. The first kappa shape index (κ1) is 26.4. The molecule has 2 unspecified atom stereocenters. The molecule has 0 spiro atoms. The number of carbonyl (C=O) groups excluding carboxylic acids is 2. The number of nitrogens with zero attached hydrogens (tertiary/aromatic N) is 2. The molecule has 2 fully saturated rings. The number of hydrogen-bond donors (Lipinski definition) is 2. The minimum absolute atomic E-state index is 0.0418. The summed E-state index contributed by atoms with van der Waals surface area (Å²) < 4.78 is 18.7. The van der Waals surface area contributed by atoms with E-state index in [0.717, 1.165) is 44.5 Å². The standard InChI is InChI=1S/C27H34ClFN4O3/c28-22-4-1-5-24(16-22)30-27(35)31-25(19-32-11-13-36-14-12-32)17-26(34)33-10-2-3-21(18-33)15-20-6-8-23(29)9-7-20/h1,4-9,16,21,25H,2-3,10-15,17-19H2,(H2,30,31,35). The van der Waals surface area contributed by atoms with Crippen LogP contribution in [0.2, 0.25) is 5.02 Å². The van der Waals surface area contributed by atoms with Crippen molar-refractivity contribution in [1.82, 2.24) is 15.1 Å². The van der Waals surface area contributed by atoms with Gasteiger partial charge >= 0.3 is 6.03 Å². The van der Waals surface area contributed by atoms with Gasteiger partial charge in [-0.15, -0.1) is 0 Å². The number of ether oxygens (including phenoxy) is 1. The maximum absolute atomic E-state index is 13.3. The second-order valence-corrected chi connectivity index (χ2v) is 10.0. The molecule has 0 aromatic heterocycles. The number of benzene rings is 2. The van der Waals surface area contributed by atoms with E-state index in [1.165, 1.54) is 12.1 Å². The molecule has 2 heterocycles. The van der Waals surface area contributed by atoms with E-state index >= 15 is 0 Å². The molecular formula is C27H34ClFN4O3. The fourth-order valence-corrected chi connectivity index (χ4v) is 5.12. The normalized spacial score (nSPS) is 19.5. The molecule has 2 aliphatic rings. The van der Waals surface area contributed by atoms with Crippen LogP contribution in [0, 0.1) is 11.7 Å². The molecule has 0 radical (unpaired) electrons. The summed E-state index contributed by atoms with van der Waals surface area (Å²) in [4.78, 5) is 30.2. The van der Waals surface area contributed by atoms with Crippen LogP contribution in [0.3, 0.4) is 0 Å². The van der Waals surface area contributed by atoms with Gasteiger partial charge in [-0.25, -0.2) is 9.18 Å². The monoisotopic (exact) mass is 516 g/mol. The summed E-state index contributed by atoms with van der Waals surface area (Å²) >= 11 is 6.03. The Morgan fingerprint density at radius 2 is 1.89 bits per heavy atom. The lowest BCUT2D eigenvalue weighted by molar-refractivity contribution is -0.133. The highest BCUT2D eigenvalue weighted by Gasteiger charge is 2.27. The molecule has 2 aliphatic heterocycles. The number of urea groups is 1. The second kappa shape index (κ2) is 13.0. The van der Waals surface area contributed by atoms with E-state index in [-0.39, 0.29) is 30.2 Å². The van der Waals surface area contributed by atoms with Crippen LogP contribution in [0.25, 0.3) is 0 Å². The number of nitrogens with one attached hydrogen (secondary N) is 2. The highest BCUT2D eigenvalue weighted by molar-refractivity contribution is 6.30. The maximum Gasteiger partial charge on any atom is 0.319 e. The van der Waals surface area contributed by atoms with Gasteiger partial charge in [-0.05, 0) is 61.1 Å². The Balaban J connectivity index is 1.35. The van der Waals surface area contributed by atoms with Gasteiger partial charge < -0.3 is 20.3 Å². The summed E-state index contributed by atoms with van der Waals surface area (Å²) in [6.45, 7) is 4.80. The van der Waals surface area contributed by atoms with E-state index < -0.39 is 0 Å². The van der Waals surface area contributed by atoms with Gasteiger partial charge in [-0.1, -0.05) is 29.8 Å². The molecule has 2 aromatic carbocycles. The summed E-state index contributed by atoms with van der Waals surface area (Å²) in [7, 11) is 0. The second-order valence-electron chi connectivity index (χ2n) is 9.60. The largest absolute Gasteiger partial charge is 0.379 e. The van der Waals surface area contributed by atoms with Gasteiger partial charge in [-0.2, -0.15) is 0 Å². The van der Waals surface area contributed by atoms with Crippen molar-refractivity contribution in [3.8, 4) is 0 Å². The number of halogens is 2. The summed E-state index contributed by atoms with van der Waals surface area (Å²) in [5.74, 6) is 0.141. The first-order chi connectivity index (χ1) is 17.4. The third-order valence-electron chi connectivity index (χ3n) is 6.73. The van der Waals surface area contributed by atoms with Crippen molar-refractivity contribution in [1.29, 1.82) is 0 Å². The van der Waals surface area contributed by atoms with Gasteiger partial charge in [0.15, 0.2) is 0 Å². The summed E-state index contributed by atoms with van der Waals surface area (Å²) in [6, 6.07) is 12.9. The number of piperidine rings is 1. The number of amides is 3. The SMILES string of the molecule is O=C(Nc1cccc(Cl)c1)NC(CC(=O)N1CCCC(Cc2ccc(F)cc2)C1)CN1CCOCC1. The van der Waals surface area contributed by atoms with E-state index in [4.69, 9.17) is 16.3 Å². The molecule has 4 rings (SSSR count). The van der Waals surface area contributed by atoms with E-state index in [9.17, 15) is 14.0 Å². The van der Waals surface area contributed by atoms with Gasteiger partial charge in [-0.3, -0.25) is 9.69 Å².